The summed E-state index contributed by atoms with van der Waals surface area (Å²) >= 11 is 0. The summed E-state index contributed by atoms with van der Waals surface area (Å²) in [6.45, 7) is 0.691. The standard InChI is InChI=1S/C21H18N4O/c1-24-10-8-16-17-9-11-25(20(17)7-6-19(16)24)21(26)23-15-12-14-4-2-3-5-18(14)22-13-15/h2-8,10,12-13H,9,11H2,1H3,(H,23,26). The highest BCUT2D eigenvalue weighted by atomic mass is 16.2. The van der Waals surface area contributed by atoms with E-state index in [1.165, 1.54) is 16.5 Å². The summed E-state index contributed by atoms with van der Waals surface area (Å²) in [4.78, 5) is 19.1. The van der Waals surface area contributed by atoms with Gasteiger partial charge in [0.2, 0.25) is 0 Å². The second-order valence-corrected chi connectivity index (χ2v) is 6.67. The Balaban J connectivity index is 1.46. The van der Waals surface area contributed by atoms with Gasteiger partial charge in [-0.3, -0.25) is 9.88 Å². The quantitative estimate of drug-likeness (QED) is 0.560. The highest BCUT2D eigenvalue weighted by molar-refractivity contribution is 6.06. The summed E-state index contributed by atoms with van der Waals surface area (Å²) in [6.07, 6.45) is 4.64. The number of nitrogens with zero attached hydrogens (tertiary/aromatic N) is 3. The van der Waals surface area contributed by atoms with Gasteiger partial charge < -0.3 is 9.88 Å². The SMILES string of the molecule is Cn1ccc2c3c(ccc21)N(C(=O)Nc1cnc2ccccc2c1)CC3. The zero-order chi connectivity index (χ0) is 17.7. The number of urea groups is 1. The second-order valence-electron chi connectivity index (χ2n) is 6.67. The summed E-state index contributed by atoms with van der Waals surface area (Å²) < 4.78 is 2.11. The maximum atomic E-state index is 12.8. The Morgan fingerprint density at radius 1 is 1.15 bits per heavy atom. The molecule has 4 aromatic rings. The molecule has 0 atom stereocenters. The summed E-state index contributed by atoms with van der Waals surface area (Å²) in [6, 6.07) is 16.0. The minimum atomic E-state index is -0.115. The van der Waals surface area contributed by atoms with Gasteiger partial charge in [0.1, 0.15) is 0 Å². The molecule has 1 aliphatic heterocycles. The van der Waals surface area contributed by atoms with Gasteiger partial charge in [0.15, 0.2) is 0 Å². The first kappa shape index (κ1) is 15.0. The molecule has 1 aliphatic rings. The van der Waals surface area contributed by atoms with Gasteiger partial charge in [-0.15, -0.1) is 0 Å². The van der Waals surface area contributed by atoms with Crippen LogP contribution in [0.1, 0.15) is 5.56 Å². The number of hydrogen-bond donors (Lipinski definition) is 1. The molecule has 2 aromatic heterocycles. The third-order valence-electron chi connectivity index (χ3n) is 5.12. The van der Waals surface area contributed by atoms with Gasteiger partial charge in [-0.2, -0.15) is 0 Å². The van der Waals surface area contributed by atoms with Crippen LogP contribution in [-0.4, -0.2) is 22.1 Å². The van der Waals surface area contributed by atoms with Crippen LogP contribution < -0.4 is 10.2 Å². The number of pyridine rings is 1. The van der Waals surface area contributed by atoms with Crippen LogP contribution >= 0.6 is 0 Å². The fourth-order valence-electron chi connectivity index (χ4n) is 3.80. The van der Waals surface area contributed by atoms with Crippen molar-refractivity contribution in [1.82, 2.24) is 9.55 Å². The zero-order valence-corrected chi connectivity index (χ0v) is 14.4. The average molecular weight is 342 g/mol. The van der Waals surface area contributed by atoms with E-state index in [9.17, 15) is 4.79 Å². The minimum absolute atomic E-state index is 0.115. The summed E-state index contributed by atoms with van der Waals surface area (Å²) in [5.41, 5.74) is 5.07. The number of carbonyl (C=O) groups is 1. The van der Waals surface area contributed by atoms with Gasteiger partial charge in [-0.25, -0.2) is 4.79 Å². The number of carbonyl (C=O) groups excluding carboxylic acids is 1. The Labute approximate surface area is 150 Å². The van der Waals surface area contributed by atoms with Crippen molar-refractivity contribution >= 4 is 39.2 Å². The predicted molar refractivity (Wildman–Crippen MR) is 105 cm³/mol. The zero-order valence-electron chi connectivity index (χ0n) is 14.4. The van der Waals surface area contributed by atoms with Crippen LogP contribution in [0.2, 0.25) is 0 Å². The first-order valence-corrected chi connectivity index (χ1v) is 8.71. The number of amides is 2. The summed E-state index contributed by atoms with van der Waals surface area (Å²) in [5, 5.41) is 5.23. The largest absolute Gasteiger partial charge is 0.351 e. The molecule has 0 saturated heterocycles. The van der Waals surface area contributed by atoms with E-state index in [0.717, 1.165) is 23.0 Å². The average Bonchev–Trinajstić information content (AvgIpc) is 3.25. The molecular formula is C21H18N4O. The smallest absolute Gasteiger partial charge is 0.326 e. The van der Waals surface area contributed by atoms with Crippen LogP contribution in [0.15, 0.2) is 60.9 Å². The predicted octanol–water partition coefficient (Wildman–Crippen LogP) is 4.32. The number of hydrogen-bond acceptors (Lipinski definition) is 2. The molecule has 5 nitrogen and oxygen atoms in total. The lowest BCUT2D eigenvalue weighted by molar-refractivity contribution is 0.257. The fourth-order valence-corrected chi connectivity index (χ4v) is 3.80. The van der Waals surface area contributed by atoms with E-state index in [1.54, 1.807) is 6.20 Å². The van der Waals surface area contributed by atoms with Crippen molar-refractivity contribution in [3.63, 3.8) is 0 Å². The number of anilines is 2. The molecule has 2 amide bonds. The molecule has 1 N–H and O–H groups in total. The van der Waals surface area contributed by atoms with Gasteiger partial charge in [-0.1, -0.05) is 18.2 Å². The van der Waals surface area contributed by atoms with Gasteiger partial charge in [-0.05, 0) is 42.3 Å². The van der Waals surface area contributed by atoms with Gasteiger partial charge >= 0.3 is 6.03 Å². The third-order valence-corrected chi connectivity index (χ3v) is 5.12. The van der Waals surface area contributed by atoms with Crippen molar-refractivity contribution in [1.29, 1.82) is 0 Å². The molecule has 2 aromatic carbocycles. The van der Waals surface area contributed by atoms with Crippen molar-refractivity contribution in [2.24, 2.45) is 7.05 Å². The molecule has 0 aliphatic carbocycles. The Bertz CT molecular complexity index is 1160. The fraction of sp³-hybridized carbons (Fsp3) is 0.143. The van der Waals surface area contributed by atoms with Crippen molar-refractivity contribution in [3.8, 4) is 0 Å². The molecule has 128 valence electrons. The number of rotatable bonds is 1. The van der Waals surface area contributed by atoms with Crippen LogP contribution in [-0.2, 0) is 13.5 Å². The van der Waals surface area contributed by atoms with Crippen LogP contribution in [0, 0.1) is 0 Å². The number of benzene rings is 2. The lowest BCUT2D eigenvalue weighted by atomic mass is 10.1. The summed E-state index contributed by atoms with van der Waals surface area (Å²) in [7, 11) is 2.04. The molecule has 0 radical (unpaired) electrons. The van der Waals surface area contributed by atoms with Crippen LogP contribution in [0.4, 0.5) is 16.2 Å². The van der Waals surface area contributed by atoms with E-state index in [0.29, 0.717) is 12.2 Å². The molecule has 5 rings (SSSR count). The molecule has 0 unspecified atom stereocenters. The number of para-hydroxylation sites is 1. The van der Waals surface area contributed by atoms with Crippen LogP contribution in [0.3, 0.4) is 0 Å². The van der Waals surface area contributed by atoms with E-state index >= 15 is 0 Å². The normalized spacial score (nSPS) is 13.3. The van der Waals surface area contributed by atoms with E-state index in [-0.39, 0.29) is 6.03 Å². The molecule has 0 saturated carbocycles. The Kier molecular flexibility index (Phi) is 3.22. The molecule has 0 fully saturated rings. The Hall–Kier alpha value is -3.34. The number of fused-ring (bicyclic) bond motifs is 4. The second kappa shape index (κ2) is 5.59. The molecule has 0 bridgehead atoms. The van der Waals surface area contributed by atoms with Crippen molar-refractivity contribution in [2.75, 3.05) is 16.8 Å². The number of aryl methyl sites for hydroxylation is 1. The van der Waals surface area contributed by atoms with Crippen LogP contribution in [0.5, 0.6) is 0 Å². The Morgan fingerprint density at radius 2 is 2.04 bits per heavy atom. The lowest BCUT2D eigenvalue weighted by Gasteiger charge is -2.18. The van der Waals surface area contributed by atoms with Crippen LogP contribution in [0.25, 0.3) is 21.8 Å². The molecular weight excluding hydrogens is 324 g/mol. The molecule has 3 heterocycles. The highest BCUT2D eigenvalue weighted by Crippen LogP contribution is 2.35. The topological polar surface area (TPSA) is 50.2 Å². The van der Waals surface area contributed by atoms with Crippen molar-refractivity contribution in [3.05, 3.63) is 66.5 Å². The number of aromatic nitrogens is 2. The molecule has 0 spiro atoms. The van der Waals surface area contributed by atoms with Gasteiger partial charge in [0, 0.05) is 41.8 Å². The summed E-state index contributed by atoms with van der Waals surface area (Å²) in [5.74, 6) is 0. The van der Waals surface area contributed by atoms with Gasteiger partial charge in [0.05, 0.1) is 17.4 Å². The number of nitrogens with one attached hydrogen (secondary N) is 1. The van der Waals surface area contributed by atoms with E-state index < -0.39 is 0 Å². The van der Waals surface area contributed by atoms with E-state index in [1.807, 2.05) is 48.3 Å². The lowest BCUT2D eigenvalue weighted by Crippen LogP contribution is -2.33. The highest BCUT2D eigenvalue weighted by Gasteiger charge is 2.26. The molecule has 5 heteroatoms. The Morgan fingerprint density at radius 3 is 2.96 bits per heavy atom. The van der Waals surface area contributed by atoms with Crippen molar-refractivity contribution in [2.45, 2.75) is 6.42 Å². The molecule has 26 heavy (non-hydrogen) atoms. The van der Waals surface area contributed by atoms with Crippen molar-refractivity contribution < 1.29 is 4.79 Å². The monoisotopic (exact) mass is 342 g/mol. The maximum Gasteiger partial charge on any atom is 0.326 e. The first-order valence-electron chi connectivity index (χ1n) is 8.71. The van der Waals surface area contributed by atoms with E-state index in [2.05, 4.69) is 33.2 Å². The third kappa shape index (κ3) is 2.24. The maximum absolute atomic E-state index is 12.8. The first-order chi connectivity index (χ1) is 12.7. The van der Waals surface area contributed by atoms with Gasteiger partial charge in [0.25, 0.3) is 0 Å². The van der Waals surface area contributed by atoms with E-state index in [4.69, 9.17) is 0 Å². The minimum Gasteiger partial charge on any atom is -0.351 e.